The first-order chi connectivity index (χ1) is 9.11. The van der Waals surface area contributed by atoms with Gasteiger partial charge in [0.25, 0.3) is 0 Å². The molecule has 20 heavy (non-hydrogen) atoms. The summed E-state index contributed by atoms with van der Waals surface area (Å²) in [7, 11) is 0. The minimum atomic E-state index is -0.120. The molecule has 2 amide bonds. The van der Waals surface area contributed by atoms with Crippen LogP contribution in [0.2, 0.25) is 0 Å². The van der Waals surface area contributed by atoms with Crippen LogP contribution in [0.15, 0.2) is 0 Å². The van der Waals surface area contributed by atoms with Crippen molar-refractivity contribution in [1.82, 2.24) is 10.2 Å². The fourth-order valence-electron chi connectivity index (χ4n) is 2.52. The molecule has 0 spiro atoms. The van der Waals surface area contributed by atoms with Crippen molar-refractivity contribution in [3.8, 4) is 0 Å². The maximum atomic E-state index is 12.3. The van der Waals surface area contributed by atoms with Gasteiger partial charge < -0.3 is 5.32 Å². The Bertz CT molecular complexity index is 358. The van der Waals surface area contributed by atoms with E-state index in [0.29, 0.717) is 31.5 Å². The van der Waals surface area contributed by atoms with Crippen LogP contribution in [0.3, 0.4) is 0 Å². The molecule has 0 aromatic carbocycles. The summed E-state index contributed by atoms with van der Waals surface area (Å²) in [6.07, 6.45) is 1.17. The standard InChI is InChI=1S/C16H30N2O2/c1-11(2)12(3)17-7-8-18-14(19)9-13(15(18)20)10-16(4,5)6/h11-13,17H,7-10H2,1-6H3/t12-,13?/m1/s1. The predicted octanol–water partition coefficient (Wildman–Crippen LogP) is 2.43. The number of likely N-dealkylation sites (tertiary alicyclic amines) is 1. The van der Waals surface area contributed by atoms with Crippen molar-refractivity contribution in [3.63, 3.8) is 0 Å². The van der Waals surface area contributed by atoms with Gasteiger partial charge in [-0.2, -0.15) is 0 Å². The van der Waals surface area contributed by atoms with Gasteiger partial charge in [0.2, 0.25) is 11.8 Å². The predicted molar refractivity (Wildman–Crippen MR) is 81.2 cm³/mol. The van der Waals surface area contributed by atoms with Crippen molar-refractivity contribution in [2.75, 3.05) is 13.1 Å². The summed E-state index contributed by atoms with van der Waals surface area (Å²) in [6.45, 7) is 13.9. The Hall–Kier alpha value is -0.900. The number of nitrogens with zero attached hydrogens (tertiary/aromatic N) is 1. The van der Waals surface area contributed by atoms with E-state index < -0.39 is 0 Å². The molecule has 0 aromatic heterocycles. The molecule has 1 aliphatic rings. The third-order valence-corrected chi connectivity index (χ3v) is 4.00. The lowest BCUT2D eigenvalue weighted by atomic mass is 9.84. The average Bonchev–Trinajstić information content (AvgIpc) is 2.53. The van der Waals surface area contributed by atoms with Crippen LogP contribution >= 0.6 is 0 Å². The molecular weight excluding hydrogens is 252 g/mol. The molecule has 0 aromatic rings. The number of carbonyl (C=O) groups is 2. The van der Waals surface area contributed by atoms with Gasteiger partial charge in [-0.15, -0.1) is 0 Å². The molecule has 0 bridgehead atoms. The molecule has 1 heterocycles. The summed E-state index contributed by atoms with van der Waals surface area (Å²) in [4.78, 5) is 25.7. The highest BCUT2D eigenvalue weighted by molar-refractivity contribution is 6.03. The highest BCUT2D eigenvalue weighted by Crippen LogP contribution is 2.31. The zero-order chi connectivity index (χ0) is 15.5. The maximum Gasteiger partial charge on any atom is 0.232 e. The van der Waals surface area contributed by atoms with Crippen molar-refractivity contribution in [3.05, 3.63) is 0 Å². The number of amides is 2. The summed E-state index contributed by atoms with van der Waals surface area (Å²) in [5.74, 6) is 0.436. The monoisotopic (exact) mass is 282 g/mol. The van der Waals surface area contributed by atoms with Crippen molar-refractivity contribution in [2.24, 2.45) is 17.3 Å². The summed E-state index contributed by atoms with van der Waals surface area (Å²) < 4.78 is 0. The van der Waals surface area contributed by atoms with Gasteiger partial charge in [-0.1, -0.05) is 34.6 Å². The Labute approximate surface area is 123 Å². The minimum Gasteiger partial charge on any atom is -0.312 e. The van der Waals surface area contributed by atoms with Crippen LogP contribution in [0.1, 0.15) is 54.4 Å². The molecule has 0 radical (unpaired) electrons. The van der Waals surface area contributed by atoms with Crippen LogP contribution in [0.4, 0.5) is 0 Å². The molecule has 4 heteroatoms. The van der Waals surface area contributed by atoms with E-state index in [-0.39, 0.29) is 23.1 Å². The number of carbonyl (C=O) groups excluding carboxylic acids is 2. The van der Waals surface area contributed by atoms with E-state index in [1.54, 1.807) is 0 Å². The lowest BCUT2D eigenvalue weighted by Gasteiger charge is -2.22. The quantitative estimate of drug-likeness (QED) is 0.761. The van der Waals surface area contributed by atoms with Crippen molar-refractivity contribution in [2.45, 2.75) is 60.4 Å². The molecule has 1 fully saturated rings. The van der Waals surface area contributed by atoms with Crippen molar-refractivity contribution >= 4 is 11.8 Å². The van der Waals surface area contributed by atoms with Crippen LogP contribution in [-0.4, -0.2) is 35.8 Å². The van der Waals surface area contributed by atoms with Gasteiger partial charge in [0.1, 0.15) is 0 Å². The summed E-state index contributed by atoms with van der Waals surface area (Å²) in [6, 6.07) is 0.396. The van der Waals surface area contributed by atoms with Gasteiger partial charge in [0.15, 0.2) is 0 Å². The molecule has 0 saturated carbocycles. The van der Waals surface area contributed by atoms with E-state index in [1.165, 1.54) is 4.90 Å². The number of hydrogen-bond donors (Lipinski definition) is 1. The van der Waals surface area contributed by atoms with E-state index in [9.17, 15) is 9.59 Å². The number of nitrogens with one attached hydrogen (secondary N) is 1. The first-order valence-corrected chi connectivity index (χ1v) is 7.69. The molecule has 1 unspecified atom stereocenters. The van der Waals surface area contributed by atoms with Gasteiger partial charge in [-0.25, -0.2) is 0 Å². The highest BCUT2D eigenvalue weighted by Gasteiger charge is 2.39. The Morgan fingerprint density at radius 1 is 1.25 bits per heavy atom. The number of imide groups is 1. The highest BCUT2D eigenvalue weighted by atomic mass is 16.2. The lowest BCUT2D eigenvalue weighted by Crippen LogP contribution is -2.40. The number of hydrogen-bond acceptors (Lipinski definition) is 3. The van der Waals surface area contributed by atoms with Crippen molar-refractivity contribution < 1.29 is 9.59 Å². The molecule has 1 N–H and O–H groups in total. The maximum absolute atomic E-state index is 12.3. The normalized spacial score (nSPS) is 21.9. The molecule has 1 saturated heterocycles. The first kappa shape index (κ1) is 17.2. The summed E-state index contributed by atoms with van der Waals surface area (Å²) >= 11 is 0. The molecule has 0 aliphatic carbocycles. The molecule has 4 nitrogen and oxygen atoms in total. The Kier molecular flexibility index (Phi) is 5.75. The van der Waals surface area contributed by atoms with E-state index >= 15 is 0 Å². The van der Waals surface area contributed by atoms with Gasteiger partial charge in [0, 0.05) is 31.5 Å². The second-order valence-corrected chi connectivity index (χ2v) is 7.54. The Balaban J connectivity index is 2.47. The molecule has 1 aliphatic heterocycles. The van der Waals surface area contributed by atoms with E-state index in [0.717, 1.165) is 6.42 Å². The zero-order valence-electron chi connectivity index (χ0n) is 13.8. The SMILES string of the molecule is CC(C)[C@@H](C)NCCN1C(=O)CC(CC(C)(C)C)C1=O. The summed E-state index contributed by atoms with van der Waals surface area (Å²) in [5.41, 5.74) is 0.0843. The molecule has 1 rings (SSSR count). The third-order valence-electron chi connectivity index (χ3n) is 4.00. The Morgan fingerprint density at radius 2 is 1.85 bits per heavy atom. The molecular formula is C16H30N2O2. The van der Waals surface area contributed by atoms with Crippen LogP contribution in [0, 0.1) is 17.3 Å². The molecule has 116 valence electrons. The first-order valence-electron chi connectivity index (χ1n) is 7.69. The van der Waals surface area contributed by atoms with Gasteiger partial charge in [-0.3, -0.25) is 14.5 Å². The minimum absolute atomic E-state index is 0.0109. The van der Waals surface area contributed by atoms with Crippen LogP contribution in [-0.2, 0) is 9.59 Å². The van der Waals surface area contributed by atoms with Crippen LogP contribution in [0.5, 0.6) is 0 Å². The van der Waals surface area contributed by atoms with E-state index in [2.05, 4.69) is 46.9 Å². The van der Waals surface area contributed by atoms with Crippen LogP contribution < -0.4 is 5.32 Å². The van der Waals surface area contributed by atoms with Crippen LogP contribution in [0.25, 0.3) is 0 Å². The van der Waals surface area contributed by atoms with Gasteiger partial charge in [0.05, 0.1) is 0 Å². The molecule has 2 atom stereocenters. The van der Waals surface area contributed by atoms with Gasteiger partial charge >= 0.3 is 0 Å². The number of rotatable bonds is 6. The second kappa shape index (κ2) is 6.70. The zero-order valence-corrected chi connectivity index (χ0v) is 13.8. The topological polar surface area (TPSA) is 49.4 Å². The largest absolute Gasteiger partial charge is 0.312 e. The Morgan fingerprint density at radius 3 is 2.35 bits per heavy atom. The fourth-order valence-corrected chi connectivity index (χ4v) is 2.52. The van der Waals surface area contributed by atoms with E-state index in [1.807, 2.05) is 0 Å². The third kappa shape index (κ3) is 4.89. The second-order valence-electron chi connectivity index (χ2n) is 7.54. The fraction of sp³-hybridized carbons (Fsp3) is 0.875. The van der Waals surface area contributed by atoms with Crippen molar-refractivity contribution in [1.29, 1.82) is 0 Å². The average molecular weight is 282 g/mol. The van der Waals surface area contributed by atoms with E-state index in [4.69, 9.17) is 0 Å². The van der Waals surface area contributed by atoms with Gasteiger partial charge in [-0.05, 0) is 24.7 Å². The lowest BCUT2D eigenvalue weighted by molar-refractivity contribution is -0.139. The summed E-state index contributed by atoms with van der Waals surface area (Å²) in [5, 5.41) is 3.37. The smallest absolute Gasteiger partial charge is 0.232 e.